The van der Waals surface area contributed by atoms with Crippen molar-refractivity contribution in [3.63, 3.8) is 0 Å². The second-order valence-corrected chi connectivity index (χ2v) is 8.10. The van der Waals surface area contributed by atoms with Gasteiger partial charge in [-0.15, -0.1) is 0 Å². The van der Waals surface area contributed by atoms with Crippen molar-refractivity contribution in [1.29, 1.82) is 0 Å². The van der Waals surface area contributed by atoms with Crippen molar-refractivity contribution in [2.24, 2.45) is 0 Å². The van der Waals surface area contributed by atoms with Gasteiger partial charge in [0.05, 0.1) is 6.04 Å². The van der Waals surface area contributed by atoms with E-state index in [0.29, 0.717) is 0 Å². The molecule has 2 heteroatoms. The summed E-state index contributed by atoms with van der Waals surface area (Å²) in [5.74, 6) is 1.00. The van der Waals surface area contributed by atoms with Crippen LogP contribution in [0.1, 0.15) is 71.4 Å². The molecular formula is C19H29NO. The average molecular weight is 287 g/mol. The molecule has 1 unspecified atom stereocenters. The quantitative estimate of drug-likeness (QED) is 0.810. The highest BCUT2D eigenvalue weighted by molar-refractivity contribution is 5.83. The number of hydrogen-bond donors (Lipinski definition) is 1. The van der Waals surface area contributed by atoms with Gasteiger partial charge in [0.25, 0.3) is 0 Å². The molecule has 0 aliphatic carbocycles. The highest BCUT2D eigenvalue weighted by atomic mass is 16.3. The van der Waals surface area contributed by atoms with Crippen LogP contribution in [0.4, 0.5) is 0 Å². The first-order valence-corrected chi connectivity index (χ1v) is 7.79. The third-order valence-corrected chi connectivity index (χ3v) is 4.17. The zero-order valence-corrected chi connectivity index (χ0v) is 14.7. The Morgan fingerprint density at radius 3 is 2.05 bits per heavy atom. The molecule has 0 radical (unpaired) electrons. The maximum absolute atomic E-state index is 6.18. The number of rotatable bonds is 2. The van der Waals surface area contributed by atoms with Crippen LogP contribution >= 0.6 is 0 Å². The molecule has 0 saturated heterocycles. The van der Waals surface area contributed by atoms with Crippen molar-refractivity contribution in [2.75, 3.05) is 7.05 Å². The van der Waals surface area contributed by atoms with Gasteiger partial charge in [-0.3, -0.25) is 0 Å². The molecule has 1 aromatic carbocycles. The van der Waals surface area contributed by atoms with Crippen LogP contribution in [0.25, 0.3) is 11.0 Å². The molecule has 0 fully saturated rings. The lowest BCUT2D eigenvalue weighted by Crippen LogP contribution is -2.16. The van der Waals surface area contributed by atoms with Gasteiger partial charge >= 0.3 is 0 Å². The first-order chi connectivity index (χ1) is 9.54. The molecule has 116 valence electrons. The van der Waals surface area contributed by atoms with E-state index in [4.69, 9.17) is 4.42 Å². The van der Waals surface area contributed by atoms with Crippen LogP contribution in [0, 0.1) is 0 Å². The highest BCUT2D eigenvalue weighted by Gasteiger charge is 2.25. The van der Waals surface area contributed by atoms with Crippen LogP contribution in [-0.2, 0) is 10.8 Å². The molecule has 0 aliphatic heterocycles. The molecule has 1 aromatic heterocycles. The second-order valence-electron chi connectivity index (χ2n) is 8.10. The van der Waals surface area contributed by atoms with Crippen LogP contribution < -0.4 is 5.32 Å². The minimum atomic E-state index is 0.0670. The Hall–Kier alpha value is -1.28. The lowest BCUT2D eigenvalue weighted by molar-refractivity contribution is 0.466. The molecule has 0 amide bonds. The van der Waals surface area contributed by atoms with Crippen LogP contribution in [0.5, 0.6) is 0 Å². The molecule has 1 atom stereocenters. The Labute approximate surface area is 128 Å². The van der Waals surface area contributed by atoms with E-state index in [1.54, 1.807) is 0 Å². The predicted octanol–water partition coefficient (Wildman–Crippen LogP) is 5.31. The normalized spacial score (nSPS) is 14.7. The number of nitrogens with one attached hydrogen (secondary N) is 1. The third-order valence-electron chi connectivity index (χ3n) is 4.17. The van der Waals surface area contributed by atoms with E-state index >= 15 is 0 Å². The van der Waals surface area contributed by atoms with Gasteiger partial charge in [-0.25, -0.2) is 0 Å². The molecule has 0 saturated carbocycles. The smallest absolute Gasteiger partial charge is 0.138 e. The molecule has 2 nitrogen and oxygen atoms in total. The van der Waals surface area contributed by atoms with E-state index in [2.05, 4.69) is 72.0 Å². The van der Waals surface area contributed by atoms with E-state index < -0.39 is 0 Å². The summed E-state index contributed by atoms with van der Waals surface area (Å²) in [7, 11) is 1.96. The van der Waals surface area contributed by atoms with Gasteiger partial charge in [-0.1, -0.05) is 47.6 Å². The maximum Gasteiger partial charge on any atom is 0.138 e. The number of fused-ring (bicyclic) bond motifs is 1. The van der Waals surface area contributed by atoms with Gasteiger partial charge in [0.1, 0.15) is 11.3 Å². The van der Waals surface area contributed by atoms with E-state index in [1.165, 1.54) is 16.5 Å². The fraction of sp³-hybridized carbons (Fsp3) is 0.579. The topological polar surface area (TPSA) is 25.2 Å². The van der Waals surface area contributed by atoms with Gasteiger partial charge in [0.2, 0.25) is 0 Å². The Bertz CT molecular complexity index is 638. The number of benzene rings is 1. The predicted molar refractivity (Wildman–Crippen MR) is 91.1 cm³/mol. The van der Waals surface area contributed by atoms with E-state index in [0.717, 1.165) is 11.3 Å². The third kappa shape index (κ3) is 3.16. The molecule has 21 heavy (non-hydrogen) atoms. The summed E-state index contributed by atoms with van der Waals surface area (Å²) in [6, 6.07) is 7.00. The summed E-state index contributed by atoms with van der Waals surface area (Å²) in [4.78, 5) is 0. The van der Waals surface area contributed by atoms with E-state index in [1.807, 2.05) is 7.05 Å². The molecule has 1 heterocycles. The van der Waals surface area contributed by atoms with Crippen molar-refractivity contribution in [3.8, 4) is 0 Å². The number of hydrogen-bond acceptors (Lipinski definition) is 2. The van der Waals surface area contributed by atoms with Crippen molar-refractivity contribution >= 4 is 11.0 Å². The first kappa shape index (κ1) is 16.1. The number of furan rings is 1. The first-order valence-electron chi connectivity index (χ1n) is 7.79. The molecule has 2 rings (SSSR count). The SMILES string of the molecule is CNC(C)c1cc2cc(C(C)(C)C)cc(C(C)(C)C)c2o1. The molecule has 2 aromatic rings. The monoisotopic (exact) mass is 287 g/mol. The Kier molecular flexibility index (Phi) is 3.96. The van der Waals surface area contributed by atoms with Crippen LogP contribution in [0.2, 0.25) is 0 Å². The summed E-state index contributed by atoms with van der Waals surface area (Å²) in [5, 5.41) is 4.46. The van der Waals surface area contributed by atoms with Crippen LogP contribution in [0.3, 0.4) is 0 Å². The van der Waals surface area contributed by atoms with Gasteiger partial charge in [0, 0.05) is 10.9 Å². The van der Waals surface area contributed by atoms with Crippen molar-refractivity contribution < 1.29 is 4.42 Å². The van der Waals surface area contributed by atoms with Gasteiger partial charge in [-0.05, 0) is 42.5 Å². The zero-order valence-electron chi connectivity index (χ0n) is 14.7. The van der Waals surface area contributed by atoms with E-state index in [9.17, 15) is 0 Å². The fourth-order valence-corrected chi connectivity index (χ4v) is 2.52. The Morgan fingerprint density at radius 1 is 0.952 bits per heavy atom. The summed E-state index contributed by atoms with van der Waals surface area (Å²) in [6.45, 7) is 15.7. The maximum atomic E-state index is 6.18. The molecular weight excluding hydrogens is 258 g/mol. The molecule has 1 N–H and O–H groups in total. The highest BCUT2D eigenvalue weighted by Crippen LogP contribution is 2.37. The summed E-state index contributed by atoms with van der Waals surface area (Å²) in [5.41, 5.74) is 3.90. The van der Waals surface area contributed by atoms with Crippen LogP contribution in [-0.4, -0.2) is 7.05 Å². The van der Waals surface area contributed by atoms with Gasteiger partial charge in [0.15, 0.2) is 0 Å². The lowest BCUT2D eigenvalue weighted by atomic mass is 9.80. The lowest BCUT2D eigenvalue weighted by Gasteiger charge is -2.25. The van der Waals surface area contributed by atoms with Gasteiger partial charge in [-0.2, -0.15) is 0 Å². The Balaban J connectivity index is 2.75. The summed E-state index contributed by atoms with van der Waals surface area (Å²) in [6.07, 6.45) is 0. The van der Waals surface area contributed by atoms with Crippen molar-refractivity contribution in [2.45, 2.75) is 65.3 Å². The fourth-order valence-electron chi connectivity index (χ4n) is 2.52. The second kappa shape index (κ2) is 5.17. The molecule has 0 spiro atoms. The van der Waals surface area contributed by atoms with Crippen LogP contribution in [0.15, 0.2) is 22.6 Å². The van der Waals surface area contributed by atoms with Crippen molar-refractivity contribution in [1.82, 2.24) is 5.32 Å². The average Bonchev–Trinajstić information content (AvgIpc) is 2.77. The summed E-state index contributed by atoms with van der Waals surface area (Å²) < 4.78 is 6.18. The summed E-state index contributed by atoms with van der Waals surface area (Å²) >= 11 is 0. The minimum absolute atomic E-state index is 0.0670. The van der Waals surface area contributed by atoms with E-state index in [-0.39, 0.29) is 16.9 Å². The zero-order chi connectivity index (χ0) is 16.0. The molecule has 0 aliphatic rings. The molecule has 0 bridgehead atoms. The minimum Gasteiger partial charge on any atom is -0.459 e. The Morgan fingerprint density at radius 2 is 1.57 bits per heavy atom. The van der Waals surface area contributed by atoms with Gasteiger partial charge < -0.3 is 9.73 Å². The van der Waals surface area contributed by atoms with Crippen molar-refractivity contribution in [3.05, 3.63) is 35.1 Å². The largest absolute Gasteiger partial charge is 0.459 e. The standard InChI is InChI=1S/C19H29NO/c1-12(20-8)16-10-13-9-14(18(2,3)4)11-15(17(13)21-16)19(5,6)7/h9-12,20H,1-8H3.